The molecule has 1 aromatic rings. The number of benzene rings is 1. The van der Waals surface area contributed by atoms with Crippen LogP contribution in [0.5, 0.6) is 0 Å². The van der Waals surface area contributed by atoms with Crippen molar-refractivity contribution < 1.29 is 17.9 Å². The van der Waals surface area contributed by atoms with Gasteiger partial charge in [-0.1, -0.05) is 18.0 Å². The maximum Gasteiger partial charge on any atom is 0.252 e. The number of rotatable bonds is 5. The van der Waals surface area contributed by atoms with Gasteiger partial charge >= 0.3 is 0 Å². The third-order valence-corrected chi connectivity index (χ3v) is 6.87. The van der Waals surface area contributed by atoms with Crippen LogP contribution in [0.15, 0.2) is 23.1 Å². The summed E-state index contributed by atoms with van der Waals surface area (Å²) in [5.41, 5.74) is 0.178. The lowest BCUT2D eigenvalue weighted by Gasteiger charge is -2.26. The molecule has 2 aliphatic rings. The van der Waals surface area contributed by atoms with E-state index in [-0.39, 0.29) is 27.5 Å². The van der Waals surface area contributed by atoms with Crippen LogP contribution in [-0.2, 0) is 14.8 Å². The van der Waals surface area contributed by atoms with Gasteiger partial charge in [0.25, 0.3) is 5.91 Å². The van der Waals surface area contributed by atoms with Crippen molar-refractivity contribution in [3.05, 3.63) is 28.8 Å². The van der Waals surface area contributed by atoms with Gasteiger partial charge in [-0.15, -0.1) is 0 Å². The van der Waals surface area contributed by atoms with E-state index in [9.17, 15) is 13.2 Å². The van der Waals surface area contributed by atoms with E-state index in [0.717, 1.165) is 32.1 Å². The number of amides is 1. The highest BCUT2D eigenvalue weighted by atomic mass is 35.5. The van der Waals surface area contributed by atoms with E-state index in [0.29, 0.717) is 26.2 Å². The number of nitrogens with zero attached hydrogens (tertiary/aromatic N) is 1. The zero-order chi connectivity index (χ0) is 17.9. The first-order valence-corrected chi connectivity index (χ1v) is 10.5. The number of halogens is 1. The van der Waals surface area contributed by atoms with Crippen LogP contribution < -0.4 is 5.32 Å². The Balaban J connectivity index is 1.76. The molecule has 2 fully saturated rings. The first kappa shape index (κ1) is 18.6. The van der Waals surface area contributed by atoms with Crippen LogP contribution in [0, 0.1) is 0 Å². The zero-order valence-electron chi connectivity index (χ0n) is 14.0. The summed E-state index contributed by atoms with van der Waals surface area (Å²) in [5, 5.41) is 3.02. The Kier molecular flexibility index (Phi) is 5.99. The first-order valence-electron chi connectivity index (χ1n) is 8.68. The van der Waals surface area contributed by atoms with E-state index in [2.05, 4.69) is 5.32 Å². The van der Waals surface area contributed by atoms with Crippen LogP contribution in [0.1, 0.15) is 42.5 Å². The van der Waals surface area contributed by atoms with Gasteiger partial charge in [0, 0.05) is 26.2 Å². The van der Waals surface area contributed by atoms with Gasteiger partial charge in [-0.3, -0.25) is 4.79 Å². The van der Waals surface area contributed by atoms with Crippen molar-refractivity contribution in [2.45, 2.75) is 43.1 Å². The van der Waals surface area contributed by atoms with Crippen molar-refractivity contribution in [3.63, 3.8) is 0 Å². The highest BCUT2D eigenvalue weighted by Gasteiger charge is 2.27. The highest BCUT2D eigenvalue weighted by Crippen LogP contribution is 2.25. The van der Waals surface area contributed by atoms with Crippen molar-refractivity contribution in [2.24, 2.45) is 0 Å². The standard InChI is InChI=1S/C17H23ClN2O4S/c18-16-7-6-14(25(22,23)20-8-2-1-3-9-20)11-15(16)17(21)19-12-13-5-4-10-24-13/h6-7,11,13H,1-5,8-10,12H2,(H,19,21). The fourth-order valence-electron chi connectivity index (χ4n) is 3.20. The number of sulfonamides is 1. The van der Waals surface area contributed by atoms with E-state index in [1.165, 1.54) is 22.5 Å². The number of ether oxygens (including phenoxy) is 1. The Morgan fingerprint density at radius 1 is 1.24 bits per heavy atom. The molecule has 0 spiro atoms. The van der Waals surface area contributed by atoms with Crippen LogP contribution in [0.25, 0.3) is 0 Å². The normalized spacial score (nSPS) is 22.0. The predicted molar refractivity (Wildman–Crippen MR) is 95.4 cm³/mol. The van der Waals surface area contributed by atoms with Crippen molar-refractivity contribution in [1.82, 2.24) is 9.62 Å². The number of hydrogen-bond donors (Lipinski definition) is 1. The van der Waals surface area contributed by atoms with Crippen LogP contribution >= 0.6 is 11.6 Å². The molecule has 1 aromatic carbocycles. The molecular formula is C17H23ClN2O4S. The average Bonchev–Trinajstić information content (AvgIpc) is 3.14. The molecule has 1 unspecified atom stereocenters. The maximum atomic E-state index is 12.8. The van der Waals surface area contributed by atoms with E-state index < -0.39 is 10.0 Å². The molecule has 1 atom stereocenters. The van der Waals surface area contributed by atoms with E-state index in [1.807, 2.05) is 0 Å². The van der Waals surface area contributed by atoms with Gasteiger partial charge in [0.15, 0.2) is 0 Å². The summed E-state index contributed by atoms with van der Waals surface area (Å²) in [4.78, 5) is 12.5. The molecule has 138 valence electrons. The van der Waals surface area contributed by atoms with Crippen molar-refractivity contribution in [2.75, 3.05) is 26.2 Å². The minimum atomic E-state index is -3.60. The summed E-state index contributed by atoms with van der Waals surface area (Å²) in [6, 6.07) is 4.31. The Labute approximate surface area is 153 Å². The molecule has 0 aliphatic carbocycles. The Bertz CT molecular complexity index is 726. The molecule has 2 saturated heterocycles. The van der Waals surface area contributed by atoms with Crippen LogP contribution in [0.2, 0.25) is 5.02 Å². The molecule has 2 heterocycles. The summed E-state index contributed by atoms with van der Waals surface area (Å²) >= 11 is 6.12. The summed E-state index contributed by atoms with van der Waals surface area (Å²) in [6.07, 6.45) is 4.69. The monoisotopic (exact) mass is 386 g/mol. The first-order chi connectivity index (χ1) is 12.0. The van der Waals surface area contributed by atoms with Crippen LogP contribution in [0.4, 0.5) is 0 Å². The van der Waals surface area contributed by atoms with Gasteiger partial charge in [0.05, 0.1) is 21.6 Å². The molecule has 0 saturated carbocycles. The lowest BCUT2D eigenvalue weighted by molar-refractivity contribution is 0.0857. The molecule has 1 N–H and O–H groups in total. The molecule has 0 radical (unpaired) electrons. The fourth-order valence-corrected chi connectivity index (χ4v) is 4.95. The highest BCUT2D eigenvalue weighted by molar-refractivity contribution is 7.89. The third-order valence-electron chi connectivity index (χ3n) is 4.65. The third kappa shape index (κ3) is 4.34. The van der Waals surface area contributed by atoms with Gasteiger partial charge in [-0.2, -0.15) is 4.31 Å². The second-order valence-corrected chi connectivity index (χ2v) is 8.80. The van der Waals surface area contributed by atoms with E-state index >= 15 is 0 Å². The minimum absolute atomic E-state index is 0.0167. The van der Waals surface area contributed by atoms with Gasteiger partial charge < -0.3 is 10.1 Å². The van der Waals surface area contributed by atoms with Crippen molar-refractivity contribution in [1.29, 1.82) is 0 Å². The quantitative estimate of drug-likeness (QED) is 0.843. The largest absolute Gasteiger partial charge is 0.376 e. The molecule has 0 aromatic heterocycles. The Hall–Kier alpha value is -1.15. The summed E-state index contributed by atoms with van der Waals surface area (Å²) < 4.78 is 32.5. The maximum absolute atomic E-state index is 12.8. The van der Waals surface area contributed by atoms with Gasteiger partial charge in [0.2, 0.25) is 10.0 Å². The summed E-state index contributed by atoms with van der Waals surface area (Å²) in [7, 11) is -3.60. The number of nitrogens with one attached hydrogen (secondary N) is 1. The average molecular weight is 387 g/mol. The molecule has 6 nitrogen and oxygen atoms in total. The van der Waals surface area contributed by atoms with E-state index in [4.69, 9.17) is 16.3 Å². The molecule has 8 heteroatoms. The number of piperidine rings is 1. The number of carbonyl (C=O) groups is 1. The second kappa shape index (κ2) is 8.03. The second-order valence-electron chi connectivity index (χ2n) is 6.45. The Morgan fingerprint density at radius 2 is 2.00 bits per heavy atom. The van der Waals surface area contributed by atoms with Gasteiger partial charge in [-0.05, 0) is 43.9 Å². The van der Waals surface area contributed by atoms with E-state index in [1.54, 1.807) is 0 Å². The molecule has 2 aliphatic heterocycles. The van der Waals surface area contributed by atoms with Crippen LogP contribution in [-0.4, -0.2) is 51.0 Å². The van der Waals surface area contributed by atoms with Crippen molar-refractivity contribution >= 4 is 27.5 Å². The summed E-state index contributed by atoms with van der Waals surface area (Å²) in [6.45, 7) is 2.15. The van der Waals surface area contributed by atoms with Crippen molar-refractivity contribution in [3.8, 4) is 0 Å². The topological polar surface area (TPSA) is 75.7 Å². The van der Waals surface area contributed by atoms with Crippen LogP contribution in [0.3, 0.4) is 0 Å². The Morgan fingerprint density at radius 3 is 2.68 bits per heavy atom. The molecule has 25 heavy (non-hydrogen) atoms. The molecule has 3 rings (SSSR count). The molecule has 0 bridgehead atoms. The number of hydrogen-bond acceptors (Lipinski definition) is 4. The molecular weight excluding hydrogens is 364 g/mol. The zero-order valence-corrected chi connectivity index (χ0v) is 15.6. The van der Waals surface area contributed by atoms with Gasteiger partial charge in [0.1, 0.15) is 0 Å². The SMILES string of the molecule is O=C(NCC1CCCO1)c1cc(S(=O)(=O)N2CCCCC2)ccc1Cl. The predicted octanol–water partition coefficient (Wildman–Crippen LogP) is 2.42. The lowest BCUT2D eigenvalue weighted by Crippen LogP contribution is -2.36. The number of carbonyl (C=O) groups excluding carboxylic acids is 1. The fraction of sp³-hybridized carbons (Fsp3) is 0.588. The minimum Gasteiger partial charge on any atom is -0.376 e. The molecule has 1 amide bonds. The smallest absolute Gasteiger partial charge is 0.252 e. The summed E-state index contributed by atoms with van der Waals surface area (Å²) in [5.74, 6) is -0.379. The lowest BCUT2D eigenvalue weighted by atomic mass is 10.2. The van der Waals surface area contributed by atoms with Gasteiger partial charge in [-0.25, -0.2) is 8.42 Å².